The van der Waals surface area contributed by atoms with Gasteiger partial charge < -0.3 is 14.8 Å². The number of carbonyl (C=O) groups excluding carboxylic acids is 1. The molecule has 1 heterocycles. The predicted molar refractivity (Wildman–Crippen MR) is 126 cm³/mol. The summed E-state index contributed by atoms with van der Waals surface area (Å²) in [6.45, 7) is 4.50. The number of nitrogens with zero attached hydrogens (tertiary/aromatic N) is 2. The molecule has 2 aromatic carbocycles. The van der Waals surface area contributed by atoms with Crippen molar-refractivity contribution >= 4 is 5.91 Å². The van der Waals surface area contributed by atoms with Gasteiger partial charge in [-0.3, -0.25) is 9.36 Å². The standard InChI is InChI=1S/C26H31N3O3/c1-17-7-5-8-21(18(17)2)28-26(30)22-15-27-16-29(22)20-13-11-19(12-14-20)25-23(31-3)9-6-10-24(25)32-4/h6,9-18,21H,5,7-8H2,1-4H3,(H,28,30). The van der Waals surface area contributed by atoms with E-state index in [1.54, 1.807) is 26.7 Å². The van der Waals surface area contributed by atoms with E-state index in [2.05, 4.69) is 24.1 Å². The minimum atomic E-state index is -0.0797. The quantitative estimate of drug-likeness (QED) is 0.587. The van der Waals surface area contributed by atoms with Crippen molar-refractivity contribution in [3.05, 3.63) is 60.7 Å². The van der Waals surface area contributed by atoms with Gasteiger partial charge in [0.1, 0.15) is 17.2 Å². The molecule has 3 unspecified atom stereocenters. The first kappa shape index (κ1) is 21.9. The molecule has 1 fully saturated rings. The first-order valence-electron chi connectivity index (χ1n) is 11.2. The van der Waals surface area contributed by atoms with Gasteiger partial charge in [-0.05, 0) is 48.1 Å². The van der Waals surface area contributed by atoms with Gasteiger partial charge in [-0.2, -0.15) is 0 Å². The van der Waals surface area contributed by atoms with Gasteiger partial charge in [-0.15, -0.1) is 0 Å². The molecule has 0 saturated heterocycles. The van der Waals surface area contributed by atoms with E-state index in [1.165, 1.54) is 6.42 Å². The third-order valence-electron chi connectivity index (χ3n) is 6.76. The molecule has 1 amide bonds. The summed E-state index contributed by atoms with van der Waals surface area (Å²) in [5.41, 5.74) is 3.28. The number of hydrogen-bond donors (Lipinski definition) is 1. The molecule has 1 aliphatic rings. The summed E-state index contributed by atoms with van der Waals surface area (Å²) in [6, 6.07) is 13.9. The Morgan fingerprint density at radius 1 is 1.03 bits per heavy atom. The van der Waals surface area contributed by atoms with E-state index in [0.717, 1.165) is 41.2 Å². The highest BCUT2D eigenvalue weighted by Gasteiger charge is 2.29. The Labute approximate surface area is 189 Å². The lowest BCUT2D eigenvalue weighted by atomic mass is 9.78. The number of rotatable bonds is 6. The van der Waals surface area contributed by atoms with Gasteiger partial charge in [-0.1, -0.05) is 44.9 Å². The summed E-state index contributed by atoms with van der Waals surface area (Å²) in [6.07, 6.45) is 6.73. The van der Waals surface area contributed by atoms with Crippen molar-refractivity contribution in [1.29, 1.82) is 0 Å². The molecule has 32 heavy (non-hydrogen) atoms. The fourth-order valence-electron chi connectivity index (χ4n) is 4.62. The summed E-state index contributed by atoms with van der Waals surface area (Å²) >= 11 is 0. The summed E-state index contributed by atoms with van der Waals surface area (Å²) in [4.78, 5) is 17.3. The molecule has 1 N–H and O–H groups in total. The number of ether oxygens (including phenoxy) is 2. The highest BCUT2D eigenvalue weighted by Crippen LogP contribution is 2.38. The number of benzene rings is 2. The number of amides is 1. The summed E-state index contributed by atoms with van der Waals surface area (Å²) < 4.78 is 12.9. The van der Waals surface area contributed by atoms with Gasteiger partial charge in [0.25, 0.3) is 5.91 Å². The molecule has 1 aromatic heterocycles. The molecule has 168 valence electrons. The van der Waals surface area contributed by atoms with Gasteiger partial charge in [0, 0.05) is 11.7 Å². The molecule has 3 atom stereocenters. The molecule has 0 aliphatic heterocycles. The molecule has 3 aromatic rings. The van der Waals surface area contributed by atoms with Crippen molar-refractivity contribution in [2.75, 3.05) is 14.2 Å². The van der Waals surface area contributed by atoms with Crippen molar-refractivity contribution in [1.82, 2.24) is 14.9 Å². The lowest BCUT2D eigenvalue weighted by molar-refractivity contribution is 0.0884. The average molecular weight is 434 g/mol. The molecule has 6 nitrogen and oxygen atoms in total. The second-order valence-corrected chi connectivity index (χ2v) is 8.58. The van der Waals surface area contributed by atoms with Crippen LogP contribution in [0.4, 0.5) is 0 Å². The van der Waals surface area contributed by atoms with Crippen LogP contribution in [0.25, 0.3) is 16.8 Å². The van der Waals surface area contributed by atoms with Gasteiger partial charge in [-0.25, -0.2) is 4.98 Å². The van der Waals surface area contributed by atoms with Gasteiger partial charge in [0.05, 0.1) is 32.3 Å². The first-order chi connectivity index (χ1) is 15.5. The molecular formula is C26H31N3O3. The predicted octanol–water partition coefficient (Wildman–Crippen LogP) is 5.11. The Kier molecular flexibility index (Phi) is 6.49. The second-order valence-electron chi connectivity index (χ2n) is 8.58. The minimum absolute atomic E-state index is 0.0797. The largest absolute Gasteiger partial charge is 0.496 e. The maximum absolute atomic E-state index is 13.1. The van der Waals surface area contributed by atoms with Crippen LogP contribution < -0.4 is 14.8 Å². The van der Waals surface area contributed by atoms with E-state index in [9.17, 15) is 4.79 Å². The van der Waals surface area contributed by atoms with Crippen molar-refractivity contribution in [2.45, 2.75) is 39.2 Å². The van der Waals surface area contributed by atoms with E-state index in [4.69, 9.17) is 9.47 Å². The second kappa shape index (κ2) is 9.47. The number of hydrogen-bond acceptors (Lipinski definition) is 4. The lowest BCUT2D eigenvalue weighted by Crippen LogP contribution is -2.44. The van der Waals surface area contributed by atoms with Crippen LogP contribution in [0.1, 0.15) is 43.6 Å². The summed E-state index contributed by atoms with van der Waals surface area (Å²) in [7, 11) is 3.30. The van der Waals surface area contributed by atoms with E-state index >= 15 is 0 Å². The molecule has 4 rings (SSSR count). The normalized spacial score (nSPS) is 20.6. The van der Waals surface area contributed by atoms with Crippen molar-refractivity contribution in [2.24, 2.45) is 11.8 Å². The average Bonchev–Trinajstić information content (AvgIpc) is 3.31. The molecule has 0 radical (unpaired) electrons. The van der Waals surface area contributed by atoms with Crippen molar-refractivity contribution < 1.29 is 14.3 Å². The molecule has 6 heteroatoms. The zero-order chi connectivity index (χ0) is 22.7. The van der Waals surface area contributed by atoms with Crippen LogP contribution in [0, 0.1) is 11.8 Å². The van der Waals surface area contributed by atoms with Crippen LogP contribution in [0.2, 0.25) is 0 Å². The fourth-order valence-corrected chi connectivity index (χ4v) is 4.62. The fraction of sp³-hybridized carbons (Fsp3) is 0.385. The Bertz CT molecular complexity index is 1050. The Hall–Kier alpha value is -3.28. The van der Waals surface area contributed by atoms with Gasteiger partial charge in [0.2, 0.25) is 0 Å². The SMILES string of the molecule is COc1cccc(OC)c1-c1ccc(-n2cncc2C(=O)NC2CCCC(C)C2C)cc1. The van der Waals surface area contributed by atoms with Gasteiger partial charge >= 0.3 is 0 Å². The number of imidazole rings is 1. The number of methoxy groups -OCH3 is 2. The van der Waals surface area contributed by atoms with Crippen LogP contribution in [-0.2, 0) is 0 Å². The highest BCUT2D eigenvalue weighted by atomic mass is 16.5. The zero-order valence-electron chi connectivity index (χ0n) is 19.2. The van der Waals surface area contributed by atoms with Crippen molar-refractivity contribution in [3.8, 4) is 28.3 Å². The number of carbonyl (C=O) groups is 1. The summed E-state index contributed by atoms with van der Waals surface area (Å²) in [5.74, 6) is 2.51. The van der Waals surface area contributed by atoms with E-state index in [1.807, 2.05) is 47.0 Å². The monoisotopic (exact) mass is 433 g/mol. The minimum Gasteiger partial charge on any atom is -0.496 e. The molecule has 0 bridgehead atoms. The Morgan fingerprint density at radius 2 is 1.72 bits per heavy atom. The maximum Gasteiger partial charge on any atom is 0.270 e. The van der Waals surface area contributed by atoms with E-state index in [0.29, 0.717) is 17.5 Å². The van der Waals surface area contributed by atoms with E-state index < -0.39 is 0 Å². The first-order valence-corrected chi connectivity index (χ1v) is 11.2. The van der Waals surface area contributed by atoms with Gasteiger partial charge in [0.15, 0.2) is 0 Å². The zero-order valence-corrected chi connectivity index (χ0v) is 19.2. The smallest absolute Gasteiger partial charge is 0.270 e. The van der Waals surface area contributed by atoms with Crippen LogP contribution in [-0.4, -0.2) is 35.7 Å². The highest BCUT2D eigenvalue weighted by molar-refractivity contribution is 5.93. The lowest BCUT2D eigenvalue weighted by Gasteiger charge is -2.34. The Balaban J connectivity index is 1.58. The Morgan fingerprint density at radius 3 is 2.38 bits per heavy atom. The van der Waals surface area contributed by atoms with Crippen molar-refractivity contribution in [3.63, 3.8) is 0 Å². The molecule has 1 aliphatic carbocycles. The summed E-state index contributed by atoms with van der Waals surface area (Å²) in [5, 5.41) is 3.25. The molecule has 1 saturated carbocycles. The van der Waals surface area contributed by atoms with Crippen LogP contribution in [0.5, 0.6) is 11.5 Å². The van der Waals surface area contributed by atoms with Crippen LogP contribution >= 0.6 is 0 Å². The topological polar surface area (TPSA) is 65.4 Å². The third-order valence-corrected chi connectivity index (χ3v) is 6.76. The molecule has 0 spiro atoms. The van der Waals surface area contributed by atoms with Crippen LogP contribution in [0.3, 0.4) is 0 Å². The van der Waals surface area contributed by atoms with Crippen LogP contribution in [0.15, 0.2) is 55.0 Å². The third kappa shape index (κ3) is 4.22. The molecular weight excluding hydrogens is 402 g/mol. The number of aromatic nitrogens is 2. The van der Waals surface area contributed by atoms with E-state index in [-0.39, 0.29) is 11.9 Å². The maximum atomic E-state index is 13.1. The number of nitrogens with one attached hydrogen (secondary N) is 1.